The second-order valence-electron chi connectivity index (χ2n) is 4.32. The smallest absolute Gasteiger partial charge is 0.240 e. The molecule has 2 rings (SSSR count). The van der Waals surface area contributed by atoms with Crippen molar-refractivity contribution in [1.82, 2.24) is 9.71 Å². The maximum absolute atomic E-state index is 12.2. The molecule has 0 radical (unpaired) electrons. The molecule has 1 atom stereocenters. The van der Waals surface area contributed by atoms with Crippen LogP contribution in [0.2, 0.25) is 5.15 Å². The third kappa shape index (κ3) is 4.23. The van der Waals surface area contributed by atoms with Crippen molar-refractivity contribution in [3.8, 4) is 0 Å². The quantitative estimate of drug-likeness (QED) is 0.811. The van der Waals surface area contributed by atoms with Crippen molar-refractivity contribution in [3.05, 3.63) is 35.5 Å². The molecule has 0 bridgehead atoms. The lowest BCUT2D eigenvalue weighted by Gasteiger charge is -2.07. The van der Waals surface area contributed by atoms with Crippen molar-refractivity contribution in [2.45, 2.75) is 11.8 Å². The molecule has 1 unspecified atom stereocenters. The van der Waals surface area contributed by atoms with Crippen molar-refractivity contribution in [1.29, 1.82) is 0 Å². The Morgan fingerprint density at radius 2 is 2.05 bits per heavy atom. The number of pyridine rings is 1. The lowest BCUT2D eigenvalue weighted by molar-refractivity contribution is 0.584. The molecular weight excluding hydrogens is 332 g/mol. The minimum atomic E-state index is -3.61. The minimum absolute atomic E-state index is 0.152. The van der Waals surface area contributed by atoms with Crippen molar-refractivity contribution in [2.75, 3.05) is 18.1 Å². The Bertz CT molecular complexity index is 778. The van der Waals surface area contributed by atoms with Gasteiger partial charge in [-0.05, 0) is 30.3 Å². The number of aromatic nitrogens is 1. The Kier molecular flexibility index (Phi) is 5.32. The van der Waals surface area contributed by atoms with Crippen molar-refractivity contribution < 1.29 is 12.6 Å². The Morgan fingerprint density at radius 3 is 2.76 bits per heavy atom. The van der Waals surface area contributed by atoms with Crippen molar-refractivity contribution in [2.24, 2.45) is 0 Å². The van der Waals surface area contributed by atoms with Crippen LogP contribution in [-0.4, -0.2) is 35.7 Å². The van der Waals surface area contributed by atoms with E-state index < -0.39 is 20.8 Å². The molecule has 5 nitrogen and oxygen atoms in total. The molecule has 0 saturated heterocycles. The molecule has 1 aromatic heterocycles. The highest BCUT2D eigenvalue weighted by Crippen LogP contribution is 2.19. The van der Waals surface area contributed by atoms with Crippen LogP contribution >= 0.6 is 11.6 Å². The molecule has 0 aliphatic rings. The second kappa shape index (κ2) is 6.83. The molecule has 0 saturated carbocycles. The van der Waals surface area contributed by atoms with Crippen LogP contribution in [0.15, 0.2) is 35.2 Å². The minimum Gasteiger partial charge on any atom is -0.260 e. The topological polar surface area (TPSA) is 76.1 Å². The van der Waals surface area contributed by atoms with Crippen LogP contribution in [-0.2, 0) is 20.8 Å². The largest absolute Gasteiger partial charge is 0.260 e. The molecule has 1 aromatic carbocycles. The number of hydrogen-bond acceptors (Lipinski definition) is 4. The van der Waals surface area contributed by atoms with Crippen LogP contribution in [0.25, 0.3) is 10.9 Å². The maximum atomic E-state index is 12.2. The lowest BCUT2D eigenvalue weighted by atomic mass is 10.2. The van der Waals surface area contributed by atoms with Gasteiger partial charge in [-0.25, -0.2) is 18.1 Å². The highest BCUT2D eigenvalue weighted by atomic mass is 35.5. The molecule has 8 heteroatoms. The zero-order chi connectivity index (χ0) is 15.5. The Hall–Kier alpha value is -1.02. The Labute approximate surface area is 131 Å². The Balaban J connectivity index is 2.20. The molecule has 0 aliphatic carbocycles. The summed E-state index contributed by atoms with van der Waals surface area (Å²) in [6.45, 7) is 1.95. The SMILES string of the molecule is CCS(=O)CCNS(=O)(=O)c1ccc2nc(Cl)ccc2c1. The first-order valence-electron chi connectivity index (χ1n) is 6.33. The third-order valence-electron chi connectivity index (χ3n) is 2.88. The predicted molar refractivity (Wildman–Crippen MR) is 85.5 cm³/mol. The van der Waals surface area contributed by atoms with Crippen LogP contribution in [0.5, 0.6) is 0 Å². The second-order valence-corrected chi connectivity index (χ2v) is 8.34. The fourth-order valence-electron chi connectivity index (χ4n) is 1.76. The molecule has 1 N–H and O–H groups in total. The van der Waals surface area contributed by atoms with Gasteiger partial charge in [0.1, 0.15) is 5.15 Å². The molecule has 0 spiro atoms. The zero-order valence-corrected chi connectivity index (χ0v) is 13.8. The normalized spacial score (nSPS) is 13.4. The number of halogens is 1. The van der Waals surface area contributed by atoms with E-state index in [1.165, 1.54) is 12.1 Å². The summed E-state index contributed by atoms with van der Waals surface area (Å²) >= 11 is 5.79. The molecule has 0 aliphatic heterocycles. The van der Waals surface area contributed by atoms with E-state index in [-0.39, 0.29) is 11.4 Å². The monoisotopic (exact) mass is 346 g/mol. The van der Waals surface area contributed by atoms with E-state index in [0.717, 1.165) is 0 Å². The fraction of sp³-hybridized carbons (Fsp3) is 0.308. The standard InChI is InChI=1S/C13H15ClN2O3S2/c1-2-20(17)8-7-15-21(18,19)11-4-5-12-10(9-11)3-6-13(14)16-12/h3-6,9,15H,2,7-8H2,1H3. The fourth-order valence-corrected chi connectivity index (χ4v) is 3.73. The van der Waals surface area contributed by atoms with Crippen molar-refractivity contribution in [3.63, 3.8) is 0 Å². The van der Waals surface area contributed by atoms with Gasteiger partial charge in [-0.2, -0.15) is 0 Å². The summed E-state index contributed by atoms with van der Waals surface area (Å²) < 4.78 is 38.1. The van der Waals surface area contributed by atoms with Gasteiger partial charge < -0.3 is 0 Å². The lowest BCUT2D eigenvalue weighted by Crippen LogP contribution is -2.28. The van der Waals surface area contributed by atoms with E-state index in [0.29, 0.717) is 27.6 Å². The number of sulfonamides is 1. The number of fused-ring (bicyclic) bond motifs is 1. The van der Waals surface area contributed by atoms with E-state index >= 15 is 0 Å². The van der Waals surface area contributed by atoms with Crippen LogP contribution in [0.3, 0.4) is 0 Å². The van der Waals surface area contributed by atoms with E-state index in [1.54, 1.807) is 25.1 Å². The molecular formula is C13H15ClN2O3S2. The van der Waals surface area contributed by atoms with Gasteiger partial charge in [-0.1, -0.05) is 18.5 Å². The first-order valence-corrected chi connectivity index (χ1v) is 9.68. The summed E-state index contributed by atoms with van der Waals surface area (Å²) in [5, 5.41) is 1.05. The number of nitrogens with one attached hydrogen (secondary N) is 1. The highest BCUT2D eigenvalue weighted by molar-refractivity contribution is 7.89. The summed E-state index contributed by atoms with van der Waals surface area (Å²) in [4.78, 5) is 4.26. The molecule has 0 fully saturated rings. The van der Waals surface area contributed by atoms with Gasteiger partial charge >= 0.3 is 0 Å². The van der Waals surface area contributed by atoms with E-state index in [2.05, 4.69) is 9.71 Å². The zero-order valence-electron chi connectivity index (χ0n) is 11.4. The molecule has 1 heterocycles. The number of benzene rings is 1. The summed E-state index contributed by atoms with van der Waals surface area (Å²) in [5.74, 6) is 0.824. The van der Waals surface area contributed by atoms with Gasteiger partial charge in [0.2, 0.25) is 10.0 Å². The maximum Gasteiger partial charge on any atom is 0.240 e. The van der Waals surface area contributed by atoms with Gasteiger partial charge in [-0.15, -0.1) is 0 Å². The van der Waals surface area contributed by atoms with Crippen LogP contribution in [0.1, 0.15) is 6.92 Å². The van der Waals surface area contributed by atoms with Gasteiger partial charge in [-0.3, -0.25) is 4.21 Å². The highest BCUT2D eigenvalue weighted by Gasteiger charge is 2.14. The molecule has 2 aromatic rings. The van der Waals surface area contributed by atoms with E-state index in [4.69, 9.17) is 11.6 Å². The Morgan fingerprint density at radius 1 is 1.29 bits per heavy atom. The van der Waals surface area contributed by atoms with Crippen LogP contribution < -0.4 is 4.72 Å². The summed E-state index contributed by atoms with van der Waals surface area (Å²) in [5.41, 5.74) is 0.633. The van der Waals surface area contributed by atoms with E-state index in [1.807, 2.05) is 0 Å². The van der Waals surface area contributed by atoms with Crippen molar-refractivity contribution >= 4 is 43.3 Å². The van der Waals surface area contributed by atoms with E-state index in [9.17, 15) is 12.6 Å². The van der Waals surface area contributed by atoms with Crippen LogP contribution in [0.4, 0.5) is 0 Å². The molecule has 21 heavy (non-hydrogen) atoms. The van der Waals surface area contributed by atoms with Crippen LogP contribution in [0, 0.1) is 0 Å². The van der Waals surface area contributed by atoms with Gasteiger partial charge in [0.25, 0.3) is 0 Å². The first kappa shape index (κ1) is 16.4. The van der Waals surface area contributed by atoms with Gasteiger partial charge in [0.15, 0.2) is 0 Å². The first-order chi connectivity index (χ1) is 9.92. The molecule has 0 amide bonds. The summed E-state index contributed by atoms with van der Waals surface area (Å²) in [7, 11) is -4.61. The molecule has 114 valence electrons. The summed E-state index contributed by atoms with van der Waals surface area (Å²) in [6, 6.07) is 7.95. The average molecular weight is 347 g/mol. The number of hydrogen-bond donors (Lipinski definition) is 1. The number of rotatable bonds is 6. The third-order valence-corrected chi connectivity index (χ3v) is 5.85. The number of nitrogens with zero attached hydrogens (tertiary/aromatic N) is 1. The van der Waals surface area contributed by atoms with Gasteiger partial charge in [0.05, 0.1) is 10.4 Å². The summed E-state index contributed by atoms with van der Waals surface area (Å²) in [6.07, 6.45) is 0. The predicted octanol–water partition coefficient (Wildman–Crippen LogP) is 1.94. The van der Waals surface area contributed by atoms with Gasteiger partial charge in [0, 0.05) is 34.2 Å². The average Bonchev–Trinajstić information content (AvgIpc) is 2.46.